The number of urea groups is 1. The van der Waals surface area contributed by atoms with Crippen molar-refractivity contribution < 1.29 is 33.6 Å². The summed E-state index contributed by atoms with van der Waals surface area (Å²) in [5, 5.41) is 22.9. The van der Waals surface area contributed by atoms with Crippen molar-refractivity contribution >= 4 is 40.6 Å². The number of fused-ring (bicyclic) bond motifs is 1. The molecule has 1 aliphatic heterocycles. The molecule has 11 nitrogen and oxygen atoms in total. The van der Waals surface area contributed by atoms with E-state index in [1.54, 1.807) is 31.3 Å². The summed E-state index contributed by atoms with van der Waals surface area (Å²) in [5.41, 5.74) is 5.65. The Kier molecular flexibility index (Phi) is 10.8. The van der Waals surface area contributed by atoms with Crippen LogP contribution in [-0.2, 0) is 16.1 Å². The molecule has 47 heavy (non-hydrogen) atoms. The van der Waals surface area contributed by atoms with Crippen LogP contribution in [0.3, 0.4) is 0 Å². The van der Waals surface area contributed by atoms with E-state index in [9.17, 15) is 14.7 Å². The Morgan fingerprint density at radius 2 is 1.79 bits per heavy atom. The molecule has 0 bridgehead atoms. The number of nitrogens with one attached hydrogen (secondary N) is 3. The molecule has 12 heteroatoms. The van der Waals surface area contributed by atoms with Crippen LogP contribution in [0, 0.1) is 0 Å². The average molecular weight is 659 g/mol. The van der Waals surface area contributed by atoms with Crippen molar-refractivity contribution in [2.75, 3.05) is 20.3 Å². The lowest BCUT2D eigenvalue weighted by molar-refractivity contribution is -0.136. The van der Waals surface area contributed by atoms with Crippen molar-refractivity contribution in [3.8, 4) is 17.2 Å². The van der Waals surface area contributed by atoms with E-state index < -0.39 is 24.3 Å². The highest BCUT2D eigenvalue weighted by atomic mass is 35.5. The molecule has 0 saturated heterocycles. The zero-order chi connectivity index (χ0) is 33.3. The zero-order valence-electron chi connectivity index (χ0n) is 26.1. The lowest BCUT2D eigenvalue weighted by atomic mass is 9.95. The van der Waals surface area contributed by atoms with Crippen LogP contribution in [0.25, 0.3) is 10.8 Å². The van der Waals surface area contributed by atoms with Gasteiger partial charge in [-0.25, -0.2) is 9.59 Å². The van der Waals surface area contributed by atoms with Crippen molar-refractivity contribution in [1.82, 2.24) is 16.1 Å². The Morgan fingerprint density at radius 1 is 1.02 bits per heavy atom. The van der Waals surface area contributed by atoms with E-state index in [4.69, 9.17) is 30.5 Å². The van der Waals surface area contributed by atoms with Crippen LogP contribution >= 0.6 is 11.6 Å². The minimum absolute atomic E-state index is 0.164. The molecule has 2 atom stereocenters. The first-order chi connectivity index (χ1) is 22.8. The summed E-state index contributed by atoms with van der Waals surface area (Å²) >= 11 is 6.01. The maximum absolute atomic E-state index is 12.5. The van der Waals surface area contributed by atoms with Crippen LogP contribution in [0.2, 0.25) is 5.02 Å². The van der Waals surface area contributed by atoms with Gasteiger partial charge < -0.3 is 34.7 Å². The van der Waals surface area contributed by atoms with Crippen LogP contribution in [0.1, 0.15) is 36.6 Å². The molecule has 0 spiro atoms. The summed E-state index contributed by atoms with van der Waals surface area (Å²) in [6.07, 6.45) is 0.430. The third-order valence-corrected chi connectivity index (χ3v) is 7.58. The number of methoxy groups -OCH3 is 1. The molecule has 0 aliphatic carbocycles. The molecule has 0 radical (unpaired) electrons. The summed E-state index contributed by atoms with van der Waals surface area (Å²) in [7, 11) is 1.28. The van der Waals surface area contributed by atoms with Crippen molar-refractivity contribution in [2.24, 2.45) is 5.10 Å². The van der Waals surface area contributed by atoms with E-state index in [0.29, 0.717) is 46.7 Å². The Hall–Kier alpha value is -5.26. The second-order valence-electron chi connectivity index (χ2n) is 10.5. The number of hydrazone groups is 1. The number of carbonyl (C=O) groups is 2. The Labute approximate surface area is 277 Å². The molecule has 2 amide bonds. The SMILES string of the molecule is CCOc1cc([C@@H]2NC(=O)NC(C)=C2C(=O)OC)ccc1OC[C@@H](O)N/N=C/c1c(OCc2ccc(Cl)cc2)ccc2ccccc12. The van der Waals surface area contributed by atoms with Gasteiger partial charge in [0, 0.05) is 16.3 Å². The van der Waals surface area contributed by atoms with Gasteiger partial charge in [-0.15, -0.1) is 0 Å². The lowest BCUT2D eigenvalue weighted by Crippen LogP contribution is -2.45. The lowest BCUT2D eigenvalue weighted by Gasteiger charge is -2.28. The van der Waals surface area contributed by atoms with Crippen molar-refractivity contribution in [3.05, 3.63) is 112 Å². The first kappa shape index (κ1) is 33.1. The number of nitrogens with zero attached hydrogens (tertiary/aromatic N) is 1. The number of allylic oxidation sites excluding steroid dienone is 1. The fourth-order valence-electron chi connectivity index (χ4n) is 5.09. The van der Waals surface area contributed by atoms with Crippen molar-refractivity contribution in [1.29, 1.82) is 0 Å². The zero-order valence-corrected chi connectivity index (χ0v) is 26.8. The van der Waals surface area contributed by atoms with Gasteiger partial charge in [-0.3, -0.25) is 5.43 Å². The van der Waals surface area contributed by atoms with Gasteiger partial charge in [0.2, 0.25) is 0 Å². The van der Waals surface area contributed by atoms with Gasteiger partial charge in [0.1, 0.15) is 19.0 Å². The normalized spacial score (nSPS) is 15.2. The molecule has 244 valence electrons. The predicted molar refractivity (Wildman–Crippen MR) is 179 cm³/mol. The minimum Gasteiger partial charge on any atom is -0.490 e. The molecule has 1 aliphatic rings. The van der Waals surface area contributed by atoms with Crippen LogP contribution in [0.4, 0.5) is 4.79 Å². The first-order valence-corrected chi connectivity index (χ1v) is 15.3. The number of halogens is 1. The van der Waals surface area contributed by atoms with Gasteiger partial charge in [-0.1, -0.05) is 60.1 Å². The van der Waals surface area contributed by atoms with Gasteiger partial charge in [0.15, 0.2) is 17.7 Å². The molecule has 0 unspecified atom stereocenters. The van der Waals surface area contributed by atoms with E-state index in [-0.39, 0.29) is 12.2 Å². The monoisotopic (exact) mass is 658 g/mol. The molecule has 0 saturated carbocycles. The first-order valence-electron chi connectivity index (χ1n) is 14.9. The topological polar surface area (TPSA) is 140 Å². The number of rotatable bonds is 13. The Balaban J connectivity index is 1.28. The Morgan fingerprint density at radius 3 is 2.55 bits per heavy atom. The number of esters is 1. The molecule has 0 fully saturated rings. The van der Waals surface area contributed by atoms with Crippen molar-refractivity contribution in [2.45, 2.75) is 32.7 Å². The fourth-order valence-corrected chi connectivity index (χ4v) is 5.21. The van der Waals surface area contributed by atoms with Crippen molar-refractivity contribution in [3.63, 3.8) is 0 Å². The molecular weight excluding hydrogens is 624 g/mol. The Bertz CT molecular complexity index is 1810. The quantitative estimate of drug-likeness (QED) is 0.0631. The highest BCUT2D eigenvalue weighted by Crippen LogP contribution is 2.35. The third kappa shape index (κ3) is 8.13. The molecule has 4 aromatic carbocycles. The standard InChI is InChI=1S/C35H35ClN4O7/c1-4-45-30-17-24(33-32(34(42)44-3)21(2)38-35(43)39-33)12-16-29(30)47-20-31(41)40-37-18-27-26-8-6-5-7-23(26)11-15-28(27)46-19-22-9-13-25(36)14-10-22/h5-18,31,33,40-41H,4,19-20H2,1-3H3,(H2,38,39,43)/b37-18+/t31-,33+/m1/s1. The minimum atomic E-state index is -1.17. The number of benzene rings is 4. The summed E-state index contributed by atoms with van der Waals surface area (Å²) < 4.78 is 22.7. The summed E-state index contributed by atoms with van der Waals surface area (Å²) in [4.78, 5) is 24.7. The van der Waals surface area contributed by atoms with Gasteiger partial charge in [0.05, 0.1) is 31.5 Å². The molecule has 4 aromatic rings. The highest BCUT2D eigenvalue weighted by molar-refractivity contribution is 6.30. The highest BCUT2D eigenvalue weighted by Gasteiger charge is 2.32. The predicted octanol–water partition coefficient (Wildman–Crippen LogP) is 5.59. The second kappa shape index (κ2) is 15.4. The number of aliphatic hydroxyl groups excluding tert-OH is 1. The molecule has 0 aromatic heterocycles. The van der Waals surface area contributed by atoms with E-state index in [2.05, 4.69) is 21.2 Å². The molecule has 4 N–H and O–H groups in total. The van der Waals surface area contributed by atoms with E-state index in [0.717, 1.165) is 21.9 Å². The number of carbonyl (C=O) groups excluding carboxylic acids is 2. The maximum Gasteiger partial charge on any atom is 0.337 e. The summed E-state index contributed by atoms with van der Waals surface area (Å²) in [6, 6.07) is 23.0. The number of amides is 2. The number of ether oxygens (including phenoxy) is 4. The third-order valence-electron chi connectivity index (χ3n) is 7.33. The number of hydrogen-bond acceptors (Lipinski definition) is 9. The fraction of sp³-hybridized carbons (Fsp3) is 0.229. The van der Waals surface area contributed by atoms with Gasteiger partial charge in [-0.2, -0.15) is 5.10 Å². The number of hydrogen-bond donors (Lipinski definition) is 4. The molecular formula is C35H35ClN4O7. The largest absolute Gasteiger partial charge is 0.490 e. The van der Waals surface area contributed by atoms with E-state index >= 15 is 0 Å². The second-order valence-corrected chi connectivity index (χ2v) is 11.0. The van der Waals surface area contributed by atoms with Crippen LogP contribution < -0.4 is 30.3 Å². The maximum atomic E-state index is 12.5. The number of aliphatic hydroxyl groups is 1. The summed E-state index contributed by atoms with van der Waals surface area (Å²) in [6.45, 7) is 3.95. The van der Waals surface area contributed by atoms with Gasteiger partial charge in [-0.05, 0) is 66.1 Å². The van der Waals surface area contributed by atoms with Crippen LogP contribution in [0.5, 0.6) is 17.2 Å². The van der Waals surface area contributed by atoms with Gasteiger partial charge in [0.25, 0.3) is 0 Å². The molecule has 5 rings (SSSR count). The van der Waals surface area contributed by atoms with Gasteiger partial charge >= 0.3 is 12.0 Å². The summed E-state index contributed by atoms with van der Waals surface area (Å²) in [5.74, 6) is 0.778. The van der Waals surface area contributed by atoms with Crippen LogP contribution in [0.15, 0.2) is 95.2 Å². The van der Waals surface area contributed by atoms with E-state index in [1.807, 2.05) is 67.6 Å². The average Bonchev–Trinajstić information content (AvgIpc) is 3.07. The molecule has 1 heterocycles. The van der Waals surface area contributed by atoms with E-state index in [1.165, 1.54) is 7.11 Å². The smallest absolute Gasteiger partial charge is 0.337 e. The van der Waals surface area contributed by atoms with Crippen LogP contribution in [-0.4, -0.2) is 49.9 Å².